The number of rotatable bonds is 5. The lowest BCUT2D eigenvalue weighted by molar-refractivity contribution is -0.148. The Morgan fingerprint density at radius 3 is 2.25 bits per heavy atom. The number of hydrogen-bond donors (Lipinski definition) is 2. The molecule has 2 N–H and O–H groups in total. The van der Waals surface area contributed by atoms with Crippen molar-refractivity contribution in [2.45, 2.75) is 39.3 Å². The fourth-order valence-corrected chi connectivity index (χ4v) is 2.31. The second-order valence-corrected chi connectivity index (χ2v) is 6.01. The van der Waals surface area contributed by atoms with Crippen LogP contribution in [0.2, 0.25) is 0 Å². The van der Waals surface area contributed by atoms with E-state index in [9.17, 15) is 9.59 Å². The van der Waals surface area contributed by atoms with E-state index in [-0.39, 0.29) is 11.8 Å². The van der Waals surface area contributed by atoms with Gasteiger partial charge < -0.3 is 15.4 Å². The van der Waals surface area contributed by atoms with Gasteiger partial charge in [-0.1, -0.05) is 13.8 Å². The molecule has 0 aliphatic carbocycles. The molecule has 1 saturated heterocycles. The first kappa shape index (κ1) is 16.9. The fraction of sp³-hybridized carbons (Fsp3) is 0.857. The lowest BCUT2D eigenvalue weighted by Crippen LogP contribution is -2.62. The number of nitrogens with zero attached hydrogens (tertiary/aromatic N) is 1. The van der Waals surface area contributed by atoms with E-state index >= 15 is 0 Å². The summed E-state index contributed by atoms with van der Waals surface area (Å²) in [6.07, 6.45) is 0. The molecule has 1 aliphatic rings. The molecule has 1 atom stereocenters. The van der Waals surface area contributed by atoms with Crippen LogP contribution in [0.5, 0.6) is 0 Å². The van der Waals surface area contributed by atoms with E-state index in [0.717, 1.165) is 26.2 Å². The number of piperazine rings is 1. The Balaban J connectivity index is 2.73. The lowest BCUT2D eigenvalue weighted by atomic mass is 9.97. The van der Waals surface area contributed by atoms with E-state index in [0.29, 0.717) is 0 Å². The van der Waals surface area contributed by atoms with Gasteiger partial charge in [0.1, 0.15) is 6.04 Å². The van der Waals surface area contributed by atoms with Gasteiger partial charge in [0.15, 0.2) is 0 Å². The average Bonchev–Trinajstić information content (AvgIpc) is 2.44. The minimum atomic E-state index is -0.636. The van der Waals surface area contributed by atoms with Gasteiger partial charge in [-0.05, 0) is 19.8 Å². The van der Waals surface area contributed by atoms with Crippen LogP contribution in [0.1, 0.15) is 27.7 Å². The van der Waals surface area contributed by atoms with Crippen molar-refractivity contribution in [3.8, 4) is 0 Å². The highest BCUT2D eigenvalue weighted by atomic mass is 16.5. The molecule has 0 spiro atoms. The SMILES string of the molecule is COC(=O)[C@@H](NC(=O)C(C)(C)N1CCNCC1)C(C)C. The highest BCUT2D eigenvalue weighted by Crippen LogP contribution is 2.16. The molecule has 0 aromatic rings. The molecule has 0 aromatic heterocycles. The molecule has 0 unspecified atom stereocenters. The number of methoxy groups -OCH3 is 1. The van der Waals surface area contributed by atoms with Crippen LogP contribution in [-0.2, 0) is 14.3 Å². The molecule has 0 radical (unpaired) electrons. The molecule has 1 rings (SSSR count). The first-order valence-corrected chi connectivity index (χ1v) is 7.15. The van der Waals surface area contributed by atoms with Crippen molar-refractivity contribution >= 4 is 11.9 Å². The highest BCUT2D eigenvalue weighted by Gasteiger charge is 2.37. The molecule has 6 nitrogen and oxygen atoms in total. The van der Waals surface area contributed by atoms with Gasteiger partial charge in [-0.15, -0.1) is 0 Å². The molecule has 1 aliphatic heterocycles. The van der Waals surface area contributed by atoms with Crippen LogP contribution in [-0.4, -0.2) is 61.6 Å². The number of ether oxygens (including phenoxy) is 1. The summed E-state index contributed by atoms with van der Waals surface area (Å²) in [5.41, 5.74) is -0.636. The molecule has 1 amide bonds. The van der Waals surface area contributed by atoms with Gasteiger partial charge in [-0.2, -0.15) is 0 Å². The van der Waals surface area contributed by atoms with Crippen molar-refractivity contribution in [2.75, 3.05) is 33.3 Å². The maximum Gasteiger partial charge on any atom is 0.328 e. The van der Waals surface area contributed by atoms with E-state index in [4.69, 9.17) is 4.74 Å². The Bertz CT molecular complexity index is 350. The van der Waals surface area contributed by atoms with Crippen LogP contribution in [0.15, 0.2) is 0 Å². The van der Waals surface area contributed by atoms with Gasteiger partial charge in [-0.25, -0.2) is 4.79 Å². The van der Waals surface area contributed by atoms with Gasteiger partial charge in [0, 0.05) is 26.2 Å². The normalized spacial score (nSPS) is 18.7. The third-order valence-corrected chi connectivity index (χ3v) is 3.87. The van der Waals surface area contributed by atoms with Crippen LogP contribution in [0.25, 0.3) is 0 Å². The number of carbonyl (C=O) groups excluding carboxylic acids is 2. The summed E-state index contributed by atoms with van der Waals surface area (Å²) in [5, 5.41) is 6.09. The summed E-state index contributed by atoms with van der Waals surface area (Å²) in [4.78, 5) is 26.4. The molecule has 0 bridgehead atoms. The predicted molar refractivity (Wildman–Crippen MR) is 77.3 cm³/mol. The maximum atomic E-state index is 12.5. The first-order valence-electron chi connectivity index (χ1n) is 7.15. The number of amides is 1. The van der Waals surface area contributed by atoms with E-state index in [2.05, 4.69) is 15.5 Å². The Morgan fingerprint density at radius 2 is 1.80 bits per heavy atom. The van der Waals surface area contributed by atoms with E-state index in [1.165, 1.54) is 7.11 Å². The maximum absolute atomic E-state index is 12.5. The smallest absolute Gasteiger partial charge is 0.328 e. The molecule has 1 fully saturated rings. The Morgan fingerprint density at radius 1 is 1.25 bits per heavy atom. The minimum absolute atomic E-state index is 0.00905. The van der Waals surface area contributed by atoms with Crippen molar-refractivity contribution in [1.82, 2.24) is 15.5 Å². The van der Waals surface area contributed by atoms with Gasteiger partial charge in [0.2, 0.25) is 5.91 Å². The molecular weight excluding hydrogens is 258 g/mol. The molecule has 20 heavy (non-hydrogen) atoms. The summed E-state index contributed by atoms with van der Waals surface area (Å²) in [5.74, 6) is -0.543. The summed E-state index contributed by atoms with van der Waals surface area (Å²) in [6.45, 7) is 11.0. The standard InChI is InChI=1S/C14H27N3O3/c1-10(2)11(12(18)20-5)16-13(19)14(3,4)17-8-6-15-7-9-17/h10-11,15H,6-9H2,1-5H3,(H,16,19)/t11-/m0/s1. The van der Waals surface area contributed by atoms with Gasteiger partial charge in [0.05, 0.1) is 12.6 Å². The molecule has 0 saturated carbocycles. The fourth-order valence-electron chi connectivity index (χ4n) is 2.31. The van der Waals surface area contributed by atoms with Gasteiger partial charge >= 0.3 is 5.97 Å². The first-order chi connectivity index (χ1) is 9.30. The number of esters is 1. The summed E-state index contributed by atoms with van der Waals surface area (Å²) in [6, 6.07) is -0.602. The molecule has 1 heterocycles. The lowest BCUT2D eigenvalue weighted by Gasteiger charge is -2.40. The third kappa shape index (κ3) is 3.93. The quantitative estimate of drug-likeness (QED) is 0.695. The molecule has 116 valence electrons. The van der Waals surface area contributed by atoms with Crippen LogP contribution < -0.4 is 10.6 Å². The minimum Gasteiger partial charge on any atom is -0.467 e. The van der Waals surface area contributed by atoms with E-state index in [1.54, 1.807) is 0 Å². The highest BCUT2D eigenvalue weighted by molar-refractivity contribution is 5.90. The Hall–Kier alpha value is -1.14. The van der Waals surface area contributed by atoms with Crippen LogP contribution >= 0.6 is 0 Å². The number of hydrogen-bond acceptors (Lipinski definition) is 5. The zero-order valence-corrected chi connectivity index (χ0v) is 13.2. The number of nitrogens with one attached hydrogen (secondary N) is 2. The van der Waals surface area contributed by atoms with Crippen molar-refractivity contribution in [1.29, 1.82) is 0 Å². The largest absolute Gasteiger partial charge is 0.467 e. The second kappa shape index (κ2) is 7.04. The Kier molecular flexibility index (Phi) is 5.95. The molecule has 6 heteroatoms. The predicted octanol–water partition coefficient (Wildman–Crippen LogP) is -0.0160. The molecular formula is C14H27N3O3. The third-order valence-electron chi connectivity index (χ3n) is 3.87. The van der Waals surface area contributed by atoms with Crippen LogP contribution in [0.3, 0.4) is 0 Å². The average molecular weight is 285 g/mol. The number of carbonyl (C=O) groups is 2. The summed E-state index contributed by atoms with van der Waals surface area (Å²) in [7, 11) is 1.34. The van der Waals surface area contributed by atoms with Crippen molar-refractivity contribution in [3.63, 3.8) is 0 Å². The van der Waals surface area contributed by atoms with Gasteiger partial charge in [-0.3, -0.25) is 9.69 Å². The zero-order valence-electron chi connectivity index (χ0n) is 13.2. The monoisotopic (exact) mass is 285 g/mol. The van der Waals surface area contributed by atoms with Crippen molar-refractivity contribution < 1.29 is 14.3 Å². The summed E-state index contributed by atoms with van der Waals surface area (Å²) < 4.78 is 4.76. The Labute approximate surface area is 121 Å². The van der Waals surface area contributed by atoms with Crippen molar-refractivity contribution in [3.05, 3.63) is 0 Å². The van der Waals surface area contributed by atoms with Crippen molar-refractivity contribution in [2.24, 2.45) is 5.92 Å². The van der Waals surface area contributed by atoms with E-state index in [1.807, 2.05) is 27.7 Å². The van der Waals surface area contributed by atoms with Gasteiger partial charge in [0.25, 0.3) is 0 Å². The van der Waals surface area contributed by atoms with Crippen LogP contribution in [0.4, 0.5) is 0 Å². The zero-order chi connectivity index (χ0) is 15.3. The topological polar surface area (TPSA) is 70.7 Å². The summed E-state index contributed by atoms with van der Waals surface area (Å²) >= 11 is 0. The molecule has 0 aromatic carbocycles. The second-order valence-electron chi connectivity index (χ2n) is 6.01. The van der Waals surface area contributed by atoms with Crippen LogP contribution in [0, 0.1) is 5.92 Å². The van der Waals surface area contributed by atoms with E-state index < -0.39 is 17.6 Å².